The van der Waals surface area contributed by atoms with Crippen molar-refractivity contribution in [3.63, 3.8) is 0 Å². The maximum absolute atomic E-state index is 12.7. The van der Waals surface area contributed by atoms with Crippen LogP contribution in [-0.2, 0) is 25.3 Å². The Morgan fingerprint density at radius 1 is 1.32 bits per heavy atom. The monoisotopic (exact) mass is 325 g/mol. The lowest BCUT2D eigenvalue weighted by molar-refractivity contribution is -0.148. The highest BCUT2D eigenvalue weighted by molar-refractivity contribution is 7.88. The zero-order valence-corrected chi connectivity index (χ0v) is 13.9. The summed E-state index contributed by atoms with van der Waals surface area (Å²) < 4.78 is 31.9. The molecule has 1 aromatic rings. The lowest BCUT2D eigenvalue weighted by Gasteiger charge is -2.33. The fraction of sp³-hybridized carbons (Fsp3) is 0.562. The second-order valence-corrected chi connectivity index (χ2v) is 7.48. The molecular weight excluding hydrogens is 302 g/mol. The van der Waals surface area contributed by atoms with Crippen LogP contribution >= 0.6 is 0 Å². The number of hydrogen-bond acceptors (Lipinski definition) is 4. The van der Waals surface area contributed by atoms with Crippen LogP contribution in [0.25, 0.3) is 0 Å². The lowest BCUT2D eigenvalue weighted by atomic mass is 10.1. The van der Waals surface area contributed by atoms with E-state index in [9.17, 15) is 13.2 Å². The predicted octanol–water partition coefficient (Wildman–Crippen LogP) is 2.24. The van der Waals surface area contributed by atoms with Gasteiger partial charge in [0.2, 0.25) is 10.0 Å². The first kappa shape index (κ1) is 17.0. The number of esters is 1. The molecule has 2 rings (SSSR count). The van der Waals surface area contributed by atoms with Gasteiger partial charge in [-0.3, -0.25) is 4.79 Å². The molecule has 0 spiro atoms. The van der Waals surface area contributed by atoms with Gasteiger partial charge in [-0.2, -0.15) is 4.31 Å². The van der Waals surface area contributed by atoms with E-state index < -0.39 is 22.0 Å². The van der Waals surface area contributed by atoms with E-state index in [1.54, 1.807) is 6.92 Å². The largest absolute Gasteiger partial charge is 0.465 e. The Balaban J connectivity index is 2.22. The average molecular weight is 325 g/mol. The third-order valence-corrected chi connectivity index (χ3v) is 5.80. The lowest BCUT2D eigenvalue weighted by Crippen LogP contribution is -2.49. The van der Waals surface area contributed by atoms with E-state index in [1.807, 2.05) is 31.2 Å². The Kier molecular flexibility index (Phi) is 5.58. The van der Waals surface area contributed by atoms with Crippen LogP contribution in [0.15, 0.2) is 24.3 Å². The van der Waals surface area contributed by atoms with Crippen molar-refractivity contribution in [2.24, 2.45) is 0 Å². The van der Waals surface area contributed by atoms with E-state index in [0.717, 1.165) is 24.0 Å². The van der Waals surface area contributed by atoms with Gasteiger partial charge < -0.3 is 4.74 Å². The van der Waals surface area contributed by atoms with Crippen LogP contribution in [0.1, 0.15) is 37.3 Å². The predicted molar refractivity (Wildman–Crippen MR) is 84.8 cm³/mol. The maximum atomic E-state index is 12.7. The van der Waals surface area contributed by atoms with Gasteiger partial charge in [0.15, 0.2) is 0 Å². The molecule has 5 nitrogen and oxygen atoms in total. The topological polar surface area (TPSA) is 63.7 Å². The van der Waals surface area contributed by atoms with Gasteiger partial charge in [0.1, 0.15) is 6.04 Å². The van der Waals surface area contributed by atoms with Crippen molar-refractivity contribution in [3.8, 4) is 0 Å². The van der Waals surface area contributed by atoms with Crippen LogP contribution in [0.5, 0.6) is 0 Å². The Labute approximate surface area is 132 Å². The molecule has 1 atom stereocenters. The molecule has 1 aliphatic heterocycles. The zero-order chi connectivity index (χ0) is 16.2. The summed E-state index contributed by atoms with van der Waals surface area (Å²) in [6, 6.07) is 6.74. The SMILES string of the molecule is CCOC(=O)C1CCCCN1S(=O)(=O)Cc1ccccc1C. The first-order valence-electron chi connectivity index (χ1n) is 7.66. The highest BCUT2D eigenvalue weighted by Crippen LogP contribution is 2.24. The van der Waals surface area contributed by atoms with Crippen molar-refractivity contribution < 1.29 is 17.9 Å². The van der Waals surface area contributed by atoms with Crippen LogP contribution in [0.4, 0.5) is 0 Å². The Bertz CT molecular complexity index is 627. The molecule has 1 aromatic carbocycles. The second-order valence-electron chi connectivity index (χ2n) is 5.56. The van der Waals surface area contributed by atoms with E-state index in [4.69, 9.17) is 4.74 Å². The number of carbonyl (C=O) groups is 1. The van der Waals surface area contributed by atoms with Gasteiger partial charge in [-0.05, 0) is 44.2 Å². The summed E-state index contributed by atoms with van der Waals surface area (Å²) in [4.78, 5) is 12.0. The van der Waals surface area contributed by atoms with Gasteiger partial charge in [0, 0.05) is 6.54 Å². The fourth-order valence-electron chi connectivity index (χ4n) is 2.76. The molecular formula is C16H23NO4S. The summed E-state index contributed by atoms with van der Waals surface area (Å²) in [5.41, 5.74) is 1.71. The fourth-order valence-corrected chi connectivity index (χ4v) is 4.63. The molecule has 1 saturated heterocycles. The number of sulfonamides is 1. The standard InChI is InChI=1S/C16H23NO4S/c1-3-21-16(18)15-10-6-7-11-17(15)22(19,20)12-14-9-5-4-8-13(14)2/h4-5,8-9,15H,3,6-7,10-12H2,1-2H3. The number of piperidine rings is 1. The van der Waals surface area contributed by atoms with Crippen LogP contribution in [-0.4, -0.2) is 37.9 Å². The molecule has 0 radical (unpaired) electrons. The Morgan fingerprint density at radius 2 is 2.05 bits per heavy atom. The molecule has 122 valence electrons. The quantitative estimate of drug-likeness (QED) is 0.779. The zero-order valence-electron chi connectivity index (χ0n) is 13.1. The molecule has 0 saturated carbocycles. The highest BCUT2D eigenvalue weighted by atomic mass is 32.2. The molecule has 1 heterocycles. The van der Waals surface area contributed by atoms with E-state index in [2.05, 4.69) is 0 Å². The van der Waals surface area contributed by atoms with Crippen molar-refractivity contribution in [1.29, 1.82) is 0 Å². The molecule has 6 heteroatoms. The van der Waals surface area contributed by atoms with E-state index >= 15 is 0 Å². The third kappa shape index (κ3) is 3.87. The van der Waals surface area contributed by atoms with Gasteiger partial charge in [-0.25, -0.2) is 8.42 Å². The minimum atomic E-state index is -3.54. The van der Waals surface area contributed by atoms with Gasteiger partial charge >= 0.3 is 5.97 Å². The minimum Gasteiger partial charge on any atom is -0.465 e. The molecule has 22 heavy (non-hydrogen) atoms. The molecule has 0 N–H and O–H groups in total. The smallest absolute Gasteiger partial charge is 0.324 e. The number of aryl methyl sites for hydroxylation is 1. The molecule has 1 aliphatic rings. The molecule has 1 unspecified atom stereocenters. The van der Waals surface area contributed by atoms with Crippen LogP contribution in [0.2, 0.25) is 0 Å². The number of benzene rings is 1. The minimum absolute atomic E-state index is 0.0738. The number of rotatable bonds is 5. The second kappa shape index (κ2) is 7.24. The Hall–Kier alpha value is -1.40. The summed E-state index contributed by atoms with van der Waals surface area (Å²) in [7, 11) is -3.54. The first-order valence-corrected chi connectivity index (χ1v) is 9.27. The van der Waals surface area contributed by atoms with Gasteiger partial charge in [0.25, 0.3) is 0 Å². The molecule has 0 bridgehead atoms. The molecule has 1 fully saturated rings. The van der Waals surface area contributed by atoms with Crippen LogP contribution in [0.3, 0.4) is 0 Å². The van der Waals surface area contributed by atoms with Crippen molar-refractivity contribution in [3.05, 3.63) is 35.4 Å². The Morgan fingerprint density at radius 3 is 2.73 bits per heavy atom. The summed E-state index contributed by atoms with van der Waals surface area (Å²) in [5.74, 6) is -0.508. The summed E-state index contributed by atoms with van der Waals surface area (Å²) in [6.45, 7) is 4.27. The number of hydrogen-bond donors (Lipinski definition) is 0. The number of nitrogens with zero attached hydrogens (tertiary/aromatic N) is 1. The molecule has 0 aliphatic carbocycles. The maximum Gasteiger partial charge on any atom is 0.324 e. The summed E-state index contributed by atoms with van der Waals surface area (Å²) >= 11 is 0. The highest BCUT2D eigenvalue weighted by Gasteiger charge is 2.37. The molecule has 0 amide bonds. The van der Waals surface area contributed by atoms with Crippen LogP contribution in [0, 0.1) is 6.92 Å². The van der Waals surface area contributed by atoms with Crippen LogP contribution < -0.4 is 0 Å². The molecule has 0 aromatic heterocycles. The van der Waals surface area contributed by atoms with Gasteiger partial charge in [-0.1, -0.05) is 24.3 Å². The van der Waals surface area contributed by atoms with Crippen molar-refractivity contribution in [2.75, 3.05) is 13.2 Å². The van der Waals surface area contributed by atoms with Gasteiger partial charge in [-0.15, -0.1) is 0 Å². The number of ether oxygens (including phenoxy) is 1. The first-order chi connectivity index (χ1) is 10.5. The van der Waals surface area contributed by atoms with E-state index in [0.29, 0.717) is 13.0 Å². The van der Waals surface area contributed by atoms with Crippen molar-refractivity contribution >= 4 is 16.0 Å². The van der Waals surface area contributed by atoms with Gasteiger partial charge in [0.05, 0.1) is 12.4 Å². The summed E-state index contributed by atoms with van der Waals surface area (Å²) in [5, 5.41) is 0. The van der Waals surface area contributed by atoms with Crippen molar-refractivity contribution in [2.45, 2.75) is 44.9 Å². The van der Waals surface area contributed by atoms with E-state index in [1.165, 1.54) is 4.31 Å². The van der Waals surface area contributed by atoms with E-state index in [-0.39, 0.29) is 12.4 Å². The average Bonchev–Trinajstić information content (AvgIpc) is 2.50. The number of carbonyl (C=O) groups excluding carboxylic acids is 1. The van der Waals surface area contributed by atoms with Crippen molar-refractivity contribution in [1.82, 2.24) is 4.31 Å². The third-order valence-electron chi connectivity index (χ3n) is 3.97. The normalized spacial score (nSPS) is 19.8. The summed E-state index contributed by atoms with van der Waals surface area (Å²) in [6.07, 6.45) is 2.16.